The molecule has 6 heteroatoms. The van der Waals surface area contributed by atoms with Crippen LogP contribution in [-0.4, -0.2) is 16.5 Å². The van der Waals surface area contributed by atoms with E-state index >= 15 is 0 Å². The van der Waals surface area contributed by atoms with Gasteiger partial charge in [-0.3, -0.25) is 19.7 Å². The standard InChI is InChI=1S/C17H17NO4S/c1-11(19)15(12(2)20)16(14-9-6-10-23-14)17(18(21)22)13-7-4-3-5-8-13/h3-10,15-17H,1-2H3/t16-,17-/m0/s1. The molecule has 0 N–H and O–H groups in total. The van der Waals surface area contributed by atoms with Crippen molar-refractivity contribution < 1.29 is 14.5 Å². The van der Waals surface area contributed by atoms with E-state index in [1.807, 2.05) is 0 Å². The number of nitro groups is 1. The molecule has 23 heavy (non-hydrogen) atoms. The summed E-state index contributed by atoms with van der Waals surface area (Å²) in [6, 6.07) is 10.9. The van der Waals surface area contributed by atoms with Crippen molar-refractivity contribution >= 4 is 22.9 Å². The van der Waals surface area contributed by atoms with E-state index in [0.29, 0.717) is 10.4 Å². The van der Waals surface area contributed by atoms with E-state index in [4.69, 9.17) is 0 Å². The Kier molecular flexibility index (Phi) is 5.39. The van der Waals surface area contributed by atoms with E-state index in [1.165, 1.54) is 25.2 Å². The molecule has 0 spiro atoms. The quantitative estimate of drug-likeness (QED) is 0.441. The minimum absolute atomic E-state index is 0.348. The van der Waals surface area contributed by atoms with Gasteiger partial charge in [0.1, 0.15) is 11.6 Å². The van der Waals surface area contributed by atoms with Gasteiger partial charge in [-0.1, -0.05) is 36.4 Å². The maximum atomic E-state index is 12.0. The highest BCUT2D eigenvalue weighted by Gasteiger charge is 2.44. The van der Waals surface area contributed by atoms with Crippen molar-refractivity contribution in [1.82, 2.24) is 0 Å². The van der Waals surface area contributed by atoms with Gasteiger partial charge >= 0.3 is 0 Å². The minimum Gasteiger partial charge on any atom is -0.299 e. The van der Waals surface area contributed by atoms with Gasteiger partial charge in [0.2, 0.25) is 6.04 Å². The fourth-order valence-electron chi connectivity index (χ4n) is 2.89. The molecule has 0 saturated heterocycles. The van der Waals surface area contributed by atoms with Gasteiger partial charge < -0.3 is 0 Å². The molecule has 1 aromatic heterocycles. The molecule has 0 saturated carbocycles. The molecule has 0 amide bonds. The second-order valence-corrected chi connectivity index (χ2v) is 6.36. The average molecular weight is 331 g/mol. The Hall–Kier alpha value is -2.34. The fraction of sp³-hybridized carbons (Fsp3) is 0.294. The highest BCUT2D eigenvalue weighted by molar-refractivity contribution is 7.10. The molecule has 120 valence electrons. The monoisotopic (exact) mass is 331 g/mol. The maximum absolute atomic E-state index is 12.0. The number of hydrogen-bond acceptors (Lipinski definition) is 5. The lowest BCUT2D eigenvalue weighted by Crippen LogP contribution is -2.33. The smallest absolute Gasteiger partial charge is 0.246 e. The van der Waals surface area contributed by atoms with Crippen LogP contribution in [0.4, 0.5) is 0 Å². The Bertz CT molecular complexity index is 683. The van der Waals surface area contributed by atoms with Crippen molar-refractivity contribution in [2.75, 3.05) is 0 Å². The van der Waals surface area contributed by atoms with Crippen LogP contribution in [0.1, 0.15) is 36.2 Å². The lowest BCUT2D eigenvalue weighted by Gasteiger charge is -2.25. The molecule has 1 aromatic carbocycles. The first-order valence-corrected chi connectivity index (χ1v) is 8.04. The summed E-state index contributed by atoms with van der Waals surface area (Å²) in [6.07, 6.45) is 0. The van der Waals surface area contributed by atoms with Crippen LogP contribution >= 0.6 is 11.3 Å². The number of Topliss-reactive ketones (excluding diaryl/α,β-unsaturated/α-hetero) is 2. The molecule has 2 atom stereocenters. The Balaban J connectivity index is 2.61. The summed E-state index contributed by atoms with van der Waals surface area (Å²) in [7, 11) is 0. The molecule has 0 radical (unpaired) electrons. The molecule has 0 unspecified atom stereocenters. The Morgan fingerprint density at radius 1 is 1.04 bits per heavy atom. The van der Waals surface area contributed by atoms with Crippen LogP contribution in [0.5, 0.6) is 0 Å². The molecule has 0 aliphatic rings. The number of rotatable bonds is 7. The van der Waals surface area contributed by atoms with Gasteiger partial charge in [-0.2, -0.15) is 0 Å². The predicted octanol–water partition coefficient (Wildman–Crippen LogP) is 3.64. The zero-order valence-electron chi connectivity index (χ0n) is 12.8. The summed E-state index contributed by atoms with van der Waals surface area (Å²) < 4.78 is 0. The predicted molar refractivity (Wildman–Crippen MR) is 88.1 cm³/mol. The number of ketones is 2. The summed E-state index contributed by atoms with van der Waals surface area (Å²) in [5, 5.41) is 13.6. The number of nitrogens with zero attached hydrogens (tertiary/aromatic N) is 1. The van der Waals surface area contributed by atoms with Crippen LogP contribution in [0.2, 0.25) is 0 Å². The van der Waals surface area contributed by atoms with Crippen molar-refractivity contribution in [2.45, 2.75) is 25.8 Å². The van der Waals surface area contributed by atoms with Crippen molar-refractivity contribution in [3.8, 4) is 0 Å². The summed E-state index contributed by atoms with van der Waals surface area (Å²) in [6.45, 7) is 2.63. The van der Waals surface area contributed by atoms with Gasteiger partial charge in [0.25, 0.3) is 0 Å². The van der Waals surface area contributed by atoms with Crippen LogP contribution in [0.25, 0.3) is 0 Å². The summed E-state index contributed by atoms with van der Waals surface area (Å²) in [5.74, 6) is -2.52. The summed E-state index contributed by atoms with van der Waals surface area (Å²) in [4.78, 5) is 36.1. The van der Waals surface area contributed by atoms with Gasteiger partial charge in [-0.25, -0.2) is 0 Å². The van der Waals surface area contributed by atoms with E-state index in [2.05, 4.69) is 0 Å². The summed E-state index contributed by atoms with van der Waals surface area (Å²) >= 11 is 1.33. The van der Waals surface area contributed by atoms with Gasteiger partial charge in [0.05, 0.1) is 11.8 Å². The second-order valence-electron chi connectivity index (χ2n) is 5.38. The largest absolute Gasteiger partial charge is 0.299 e. The maximum Gasteiger partial charge on any atom is 0.246 e. The fourth-order valence-corrected chi connectivity index (χ4v) is 3.78. The minimum atomic E-state index is -1.15. The molecule has 1 heterocycles. The SMILES string of the molecule is CC(=O)C(C(C)=O)[C@H](c1cccs1)[C@H](c1ccccc1)[N+](=O)[O-]. The molecule has 5 nitrogen and oxygen atoms in total. The van der Waals surface area contributed by atoms with Gasteiger partial charge in [0.15, 0.2) is 0 Å². The lowest BCUT2D eigenvalue weighted by molar-refractivity contribution is -0.534. The lowest BCUT2D eigenvalue weighted by atomic mass is 9.78. The third-order valence-electron chi connectivity index (χ3n) is 3.82. The second kappa shape index (κ2) is 7.28. The van der Waals surface area contributed by atoms with E-state index in [-0.39, 0.29) is 11.6 Å². The van der Waals surface area contributed by atoms with Gasteiger partial charge in [-0.15, -0.1) is 11.3 Å². The molecule has 2 aromatic rings. The van der Waals surface area contributed by atoms with Crippen LogP contribution < -0.4 is 0 Å². The van der Waals surface area contributed by atoms with E-state index in [9.17, 15) is 19.7 Å². The normalized spacial score (nSPS) is 13.5. The van der Waals surface area contributed by atoms with Crippen molar-refractivity contribution in [1.29, 1.82) is 0 Å². The van der Waals surface area contributed by atoms with E-state index < -0.39 is 22.8 Å². The molecular weight excluding hydrogens is 314 g/mol. The molecule has 0 aliphatic heterocycles. The first kappa shape index (κ1) is 17.0. The highest BCUT2D eigenvalue weighted by Crippen LogP contribution is 2.41. The zero-order valence-corrected chi connectivity index (χ0v) is 13.7. The number of carbonyl (C=O) groups is 2. The molecule has 0 fully saturated rings. The zero-order chi connectivity index (χ0) is 17.0. The Morgan fingerprint density at radius 3 is 2.09 bits per heavy atom. The average Bonchev–Trinajstić information content (AvgIpc) is 3.00. The first-order valence-electron chi connectivity index (χ1n) is 7.16. The Labute approximate surface area is 138 Å². The third kappa shape index (κ3) is 3.71. The highest BCUT2D eigenvalue weighted by atomic mass is 32.1. The van der Waals surface area contributed by atoms with Crippen molar-refractivity contribution in [3.63, 3.8) is 0 Å². The molecular formula is C17H17NO4S. The van der Waals surface area contributed by atoms with Crippen molar-refractivity contribution in [3.05, 3.63) is 68.4 Å². The number of hydrogen-bond donors (Lipinski definition) is 0. The van der Waals surface area contributed by atoms with Gasteiger partial charge in [-0.05, 0) is 25.3 Å². The number of benzene rings is 1. The molecule has 0 aliphatic carbocycles. The van der Waals surface area contributed by atoms with Gasteiger partial charge in [0, 0.05) is 15.4 Å². The number of carbonyl (C=O) groups excluding carboxylic acids is 2. The number of thiophene rings is 1. The van der Waals surface area contributed by atoms with Crippen LogP contribution in [-0.2, 0) is 9.59 Å². The van der Waals surface area contributed by atoms with E-state index in [1.54, 1.807) is 47.8 Å². The topological polar surface area (TPSA) is 77.3 Å². The van der Waals surface area contributed by atoms with Crippen LogP contribution in [0, 0.1) is 16.0 Å². The summed E-state index contributed by atoms with van der Waals surface area (Å²) in [5.41, 5.74) is 0.489. The first-order chi connectivity index (χ1) is 10.9. The molecule has 0 bridgehead atoms. The van der Waals surface area contributed by atoms with E-state index in [0.717, 1.165) is 0 Å². The van der Waals surface area contributed by atoms with Crippen LogP contribution in [0.3, 0.4) is 0 Å². The van der Waals surface area contributed by atoms with Crippen molar-refractivity contribution in [2.24, 2.45) is 5.92 Å². The third-order valence-corrected chi connectivity index (χ3v) is 4.79. The molecule has 2 rings (SSSR count). The van der Waals surface area contributed by atoms with Crippen LogP contribution in [0.15, 0.2) is 47.8 Å². The Morgan fingerprint density at radius 2 is 1.65 bits per heavy atom.